The van der Waals surface area contributed by atoms with E-state index < -0.39 is 0 Å². The third kappa shape index (κ3) is 4.15. The number of hydrogen-bond donors (Lipinski definition) is 1. The molecule has 0 aliphatic carbocycles. The van der Waals surface area contributed by atoms with Crippen LogP contribution in [-0.4, -0.2) is 6.54 Å². The van der Waals surface area contributed by atoms with Crippen molar-refractivity contribution in [2.45, 2.75) is 20.4 Å². The summed E-state index contributed by atoms with van der Waals surface area (Å²) in [5.41, 5.74) is 1.31. The highest BCUT2D eigenvalue weighted by molar-refractivity contribution is 6.28. The minimum atomic E-state index is 0.444. The van der Waals surface area contributed by atoms with Crippen LogP contribution in [0.4, 0.5) is 0 Å². The van der Waals surface area contributed by atoms with Gasteiger partial charge in [0.25, 0.3) is 0 Å². The standard InChI is InChI=1S/C10H14ClNO/c1-8(2)5-6-12-7-9-3-4-10(11)13-9/h3-5,12H,6-7H2,1-2H3. The molecular weight excluding hydrogens is 186 g/mol. The molecule has 0 saturated carbocycles. The van der Waals surface area contributed by atoms with Gasteiger partial charge in [0, 0.05) is 6.54 Å². The molecule has 13 heavy (non-hydrogen) atoms. The second-order valence-corrected chi connectivity index (χ2v) is 3.49. The van der Waals surface area contributed by atoms with Gasteiger partial charge in [-0.1, -0.05) is 11.6 Å². The van der Waals surface area contributed by atoms with E-state index in [9.17, 15) is 0 Å². The van der Waals surface area contributed by atoms with Crippen molar-refractivity contribution in [2.24, 2.45) is 0 Å². The van der Waals surface area contributed by atoms with Gasteiger partial charge in [-0.15, -0.1) is 0 Å². The van der Waals surface area contributed by atoms with Gasteiger partial charge in [0.2, 0.25) is 0 Å². The Kier molecular flexibility index (Phi) is 4.06. The molecule has 2 nitrogen and oxygen atoms in total. The lowest BCUT2D eigenvalue weighted by molar-refractivity contribution is 0.492. The highest BCUT2D eigenvalue weighted by atomic mass is 35.5. The van der Waals surface area contributed by atoms with Gasteiger partial charge in [-0.25, -0.2) is 0 Å². The van der Waals surface area contributed by atoms with Crippen LogP contribution < -0.4 is 5.32 Å². The van der Waals surface area contributed by atoms with Crippen molar-refractivity contribution in [1.82, 2.24) is 5.32 Å². The van der Waals surface area contributed by atoms with E-state index >= 15 is 0 Å². The van der Waals surface area contributed by atoms with E-state index in [0.717, 1.165) is 18.8 Å². The summed E-state index contributed by atoms with van der Waals surface area (Å²) < 4.78 is 5.17. The fraction of sp³-hybridized carbons (Fsp3) is 0.400. The van der Waals surface area contributed by atoms with Crippen molar-refractivity contribution >= 4 is 11.6 Å². The molecule has 0 aliphatic rings. The van der Waals surface area contributed by atoms with Gasteiger partial charge < -0.3 is 9.73 Å². The molecule has 0 radical (unpaired) electrons. The smallest absolute Gasteiger partial charge is 0.193 e. The summed E-state index contributed by atoms with van der Waals surface area (Å²) in [6, 6.07) is 3.62. The summed E-state index contributed by atoms with van der Waals surface area (Å²) in [6.07, 6.45) is 2.13. The Balaban J connectivity index is 2.24. The monoisotopic (exact) mass is 199 g/mol. The maximum Gasteiger partial charge on any atom is 0.193 e. The van der Waals surface area contributed by atoms with E-state index in [-0.39, 0.29) is 0 Å². The van der Waals surface area contributed by atoms with Crippen molar-refractivity contribution in [1.29, 1.82) is 0 Å². The Morgan fingerprint density at radius 2 is 2.31 bits per heavy atom. The Labute approximate surface area is 83.6 Å². The van der Waals surface area contributed by atoms with Crippen molar-refractivity contribution in [2.75, 3.05) is 6.54 Å². The summed E-state index contributed by atoms with van der Waals surface area (Å²) in [5, 5.41) is 3.66. The molecule has 1 aromatic heterocycles. The highest BCUT2D eigenvalue weighted by Crippen LogP contribution is 2.12. The minimum Gasteiger partial charge on any atom is -0.448 e. The van der Waals surface area contributed by atoms with Gasteiger partial charge in [-0.3, -0.25) is 0 Å². The molecule has 1 rings (SSSR count). The van der Waals surface area contributed by atoms with E-state index in [1.165, 1.54) is 5.57 Å². The van der Waals surface area contributed by atoms with Crippen LogP contribution in [0.5, 0.6) is 0 Å². The largest absolute Gasteiger partial charge is 0.448 e. The molecule has 0 spiro atoms. The van der Waals surface area contributed by atoms with Crippen LogP contribution in [0, 0.1) is 0 Å². The first-order valence-electron chi connectivity index (χ1n) is 4.27. The molecule has 0 saturated heterocycles. The topological polar surface area (TPSA) is 25.2 Å². The molecule has 0 atom stereocenters. The van der Waals surface area contributed by atoms with Gasteiger partial charge in [0.05, 0.1) is 6.54 Å². The van der Waals surface area contributed by atoms with Gasteiger partial charge in [0.1, 0.15) is 5.76 Å². The van der Waals surface area contributed by atoms with Crippen LogP contribution in [0.3, 0.4) is 0 Å². The molecule has 72 valence electrons. The quantitative estimate of drug-likeness (QED) is 0.596. The first-order chi connectivity index (χ1) is 6.18. The van der Waals surface area contributed by atoms with Crippen LogP contribution in [0.25, 0.3) is 0 Å². The lowest BCUT2D eigenvalue weighted by Crippen LogP contribution is -2.12. The predicted octanol–water partition coefficient (Wildman–Crippen LogP) is 2.99. The average molecular weight is 200 g/mol. The molecule has 0 aliphatic heterocycles. The SMILES string of the molecule is CC(C)=CCNCc1ccc(Cl)o1. The van der Waals surface area contributed by atoms with Crippen molar-refractivity contribution < 1.29 is 4.42 Å². The first-order valence-corrected chi connectivity index (χ1v) is 4.64. The van der Waals surface area contributed by atoms with E-state index in [2.05, 4.69) is 25.2 Å². The zero-order valence-electron chi connectivity index (χ0n) is 7.93. The first kappa shape index (κ1) is 10.4. The van der Waals surface area contributed by atoms with Gasteiger partial charge in [-0.2, -0.15) is 0 Å². The fourth-order valence-electron chi connectivity index (χ4n) is 0.918. The van der Waals surface area contributed by atoms with Crippen LogP contribution in [0.2, 0.25) is 5.22 Å². The second kappa shape index (κ2) is 5.10. The van der Waals surface area contributed by atoms with E-state index in [4.69, 9.17) is 16.0 Å². The minimum absolute atomic E-state index is 0.444. The summed E-state index contributed by atoms with van der Waals surface area (Å²) >= 11 is 5.62. The Bertz CT molecular complexity index is 287. The van der Waals surface area contributed by atoms with E-state index in [1.54, 1.807) is 6.07 Å². The molecule has 0 unspecified atom stereocenters. The normalized spacial score (nSPS) is 10.1. The van der Waals surface area contributed by atoms with Crippen LogP contribution in [-0.2, 0) is 6.54 Å². The molecule has 0 bridgehead atoms. The fourth-order valence-corrected chi connectivity index (χ4v) is 1.08. The van der Waals surface area contributed by atoms with Gasteiger partial charge in [0.15, 0.2) is 5.22 Å². The second-order valence-electron chi connectivity index (χ2n) is 3.12. The number of nitrogens with one attached hydrogen (secondary N) is 1. The molecule has 0 aromatic carbocycles. The Hall–Kier alpha value is -0.730. The molecule has 3 heteroatoms. The lowest BCUT2D eigenvalue weighted by atomic mass is 10.3. The number of allylic oxidation sites excluding steroid dienone is 1. The van der Waals surface area contributed by atoms with Crippen molar-refractivity contribution in [3.8, 4) is 0 Å². The molecule has 0 fully saturated rings. The van der Waals surface area contributed by atoms with E-state index in [0.29, 0.717) is 5.22 Å². The van der Waals surface area contributed by atoms with Crippen LogP contribution >= 0.6 is 11.6 Å². The van der Waals surface area contributed by atoms with Crippen LogP contribution in [0.1, 0.15) is 19.6 Å². The molecule has 1 aromatic rings. The summed E-state index contributed by atoms with van der Waals surface area (Å²) in [7, 11) is 0. The molecule has 1 heterocycles. The maximum atomic E-state index is 5.62. The number of hydrogen-bond acceptors (Lipinski definition) is 2. The zero-order chi connectivity index (χ0) is 9.68. The van der Waals surface area contributed by atoms with Crippen LogP contribution in [0.15, 0.2) is 28.2 Å². The summed E-state index contributed by atoms with van der Waals surface area (Å²) in [4.78, 5) is 0. The van der Waals surface area contributed by atoms with Crippen molar-refractivity contribution in [3.63, 3.8) is 0 Å². The zero-order valence-corrected chi connectivity index (χ0v) is 8.69. The number of rotatable bonds is 4. The predicted molar refractivity (Wildman–Crippen MR) is 54.9 cm³/mol. The molecule has 1 N–H and O–H groups in total. The van der Waals surface area contributed by atoms with E-state index in [1.807, 2.05) is 6.07 Å². The average Bonchev–Trinajstić information content (AvgIpc) is 2.45. The summed E-state index contributed by atoms with van der Waals surface area (Å²) in [6.45, 7) is 5.73. The van der Waals surface area contributed by atoms with Crippen molar-refractivity contribution in [3.05, 3.63) is 34.8 Å². The number of furan rings is 1. The summed E-state index contributed by atoms with van der Waals surface area (Å²) in [5.74, 6) is 0.868. The molecular formula is C10H14ClNO. The maximum absolute atomic E-state index is 5.62. The third-order valence-electron chi connectivity index (χ3n) is 1.58. The third-order valence-corrected chi connectivity index (χ3v) is 1.79. The lowest BCUT2D eigenvalue weighted by Gasteiger charge is -1.97. The highest BCUT2D eigenvalue weighted by Gasteiger charge is 1.97. The van der Waals surface area contributed by atoms with Gasteiger partial charge in [-0.05, 0) is 37.6 Å². The van der Waals surface area contributed by atoms with Gasteiger partial charge >= 0.3 is 0 Å². The number of halogens is 1. The molecule has 0 amide bonds. The Morgan fingerprint density at radius 3 is 2.85 bits per heavy atom. The Morgan fingerprint density at radius 1 is 1.54 bits per heavy atom.